The molecule has 0 radical (unpaired) electrons. The highest BCUT2D eigenvalue weighted by Crippen LogP contribution is 2.12. The van der Waals surface area contributed by atoms with Gasteiger partial charge in [0, 0.05) is 12.2 Å². The van der Waals surface area contributed by atoms with Crippen LogP contribution in [0.4, 0.5) is 11.8 Å². The van der Waals surface area contributed by atoms with Gasteiger partial charge in [-0.25, -0.2) is 4.98 Å². The molecular weight excluding hydrogens is 188 g/mol. The van der Waals surface area contributed by atoms with Crippen molar-refractivity contribution < 1.29 is 0 Å². The lowest BCUT2D eigenvalue weighted by Gasteiger charge is -2.17. The van der Waals surface area contributed by atoms with Crippen LogP contribution in [-0.4, -0.2) is 16.0 Å². The highest BCUT2D eigenvalue weighted by Gasteiger charge is 2.08. The van der Waals surface area contributed by atoms with E-state index >= 15 is 0 Å². The molecule has 0 aliphatic carbocycles. The first kappa shape index (κ1) is 11.8. The summed E-state index contributed by atoms with van der Waals surface area (Å²) in [6.07, 6.45) is 3.99. The number of hydrogen-bond acceptors (Lipinski definition) is 4. The van der Waals surface area contributed by atoms with Crippen molar-refractivity contribution in [1.29, 1.82) is 0 Å². The first-order chi connectivity index (χ1) is 7.11. The molecule has 0 bridgehead atoms. The molecule has 84 valence electrons. The number of nitrogens with zero attached hydrogens (tertiary/aromatic N) is 2. The van der Waals surface area contributed by atoms with E-state index in [9.17, 15) is 0 Å². The fourth-order valence-electron chi connectivity index (χ4n) is 1.49. The van der Waals surface area contributed by atoms with E-state index in [4.69, 9.17) is 5.73 Å². The molecule has 0 aliphatic rings. The van der Waals surface area contributed by atoms with Gasteiger partial charge < -0.3 is 11.1 Å². The van der Waals surface area contributed by atoms with Crippen LogP contribution in [-0.2, 0) is 0 Å². The average Bonchev–Trinajstić information content (AvgIpc) is 2.17. The van der Waals surface area contributed by atoms with Crippen LogP contribution in [0.3, 0.4) is 0 Å². The summed E-state index contributed by atoms with van der Waals surface area (Å²) < 4.78 is 0. The van der Waals surface area contributed by atoms with Crippen LogP contribution in [0, 0.1) is 5.92 Å². The number of nitrogens with two attached hydrogens (primary N) is 1. The normalized spacial score (nSPS) is 14.6. The van der Waals surface area contributed by atoms with Crippen molar-refractivity contribution in [3.8, 4) is 0 Å². The fourth-order valence-corrected chi connectivity index (χ4v) is 1.49. The van der Waals surface area contributed by atoms with Gasteiger partial charge in [-0.15, -0.1) is 0 Å². The van der Waals surface area contributed by atoms with E-state index in [2.05, 4.69) is 36.1 Å². The molecule has 4 nitrogen and oxygen atoms in total. The zero-order valence-corrected chi connectivity index (χ0v) is 9.70. The Kier molecular flexibility index (Phi) is 4.34. The smallest absolute Gasteiger partial charge is 0.224 e. The lowest BCUT2D eigenvalue weighted by molar-refractivity contribution is 0.482. The second kappa shape index (κ2) is 5.53. The van der Waals surface area contributed by atoms with Crippen LogP contribution >= 0.6 is 0 Å². The largest absolute Gasteiger partial charge is 0.384 e. The molecule has 2 unspecified atom stereocenters. The third kappa shape index (κ3) is 4.14. The van der Waals surface area contributed by atoms with Crippen LogP contribution in [0.2, 0.25) is 0 Å². The Morgan fingerprint density at radius 2 is 2.20 bits per heavy atom. The van der Waals surface area contributed by atoms with Crippen molar-refractivity contribution in [3.63, 3.8) is 0 Å². The van der Waals surface area contributed by atoms with Gasteiger partial charge in [-0.05, 0) is 25.3 Å². The molecule has 0 saturated carbocycles. The zero-order valence-electron chi connectivity index (χ0n) is 9.70. The molecule has 0 spiro atoms. The predicted octanol–water partition coefficient (Wildman–Crippen LogP) is 2.30. The van der Waals surface area contributed by atoms with E-state index in [0.717, 1.165) is 6.42 Å². The van der Waals surface area contributed by atoms with E-state index in [1.54, 1.807) is 12.3 Å². The second-order valence-corrected chi connectivity index (χ2v) is 4.10. The molecule has 0 fully saturated rings. The summed E-state index contributed by atoms with van der Waals surface area (Å²) in [6, 6.07) is 2.06. The summed E-state index contributed by atoms with van der Waals surface area (Å²) in [4.78, 5) is 8.21. The van der Waals surface area contributed by atoms with Crippen LogP contribution in [0.25, 0.3) is 0 Å². The Morgan fingerprint density at radius 3 is 2.80 bits per heavy atom. The minimum atomic E-state index is 0.377. The minimum Gasteiger partial charge on any atom is -0.384 e. The van der Waals surface area contributed by atoms with Crippen molar-refractivity contribution in [2.45, 2.75) is 39.7 Å². The van der Waals surface area contributed by atoms with E-state index in [-0.39, 0.29) is 0 Å². The molecule has 1 aromatic heterocycles. The Morgan fingerprint density at radius 1 is 1.47 bits per heavy atom. The molecule has 15 heavy (non-hydrogen) atoms. The van der Waals surface area contributed by atoms with E-state index in [1.165, 1.54) is 6.42 Å². The molecule has 3 N–H and O–H groups in total. The standard InChI is InChI=1S/C11H20N4/c1-4-8(2)7-9(3)14-11-13-6-5-10(12)15-11/h5-6,8-9H,4,7H2,1-3H3,(H3,12,13,14,15). The van der Waals surface area contributed by atoms with Gasteiger partial charge in [0.2, 0.25) is 5.95 Å². The molecule has 1 heterocycles. The van der Waals surface area contributed by atoms with Crippen LogP contribution in [0.5, 0.6) is 0 Å². The number of anilines is 2. The van der Waals surface area contributed by atoms with Gasteiger partial charge in [0.05, 0.1) is 0 Å². The maximum absolute atomic E-state index is 5.57. The van der Waals surface area contributed by atoms with Gasteiger partial charge in [-0.1, -0.05) is 20.3 Å². The lowest BCUT2D eigenvalue weighted by atomic mass is 10.0. The topological polar surface area (TPSA) is 63.8 Å². The highest BCUT2D eigenvalue weighted by molar-refractivity contribution is 5.35. The maximum Gasteiger partial charge on any atom is 0.224 e. The number of nitrogen functional groups attached to an aromatic ring is 1. The summed E-state index contributed by atoms with van der Waals surface area (Å²) in [5, 5.41) is 3.25. The van der Waals surface area contributed by atoms with Crippen molar-refractivity contribution in [2.24, 2.45) is 5.92 Å². The summed E-state index contributed by atoms with van der Waals surface area (Å²) in [5.41, 5.74) is 5.57. The molecule has 0 aromatic carbocycles. The molecule has 1 aromatic rings. The van der Waals surface area contributed by atoms with Gasteiger partial charge in [0.15, 0.2) is 0 Å². The lowest BCUT2D eigenvalue weighted by Crippen LogP contribution is -2.19. The summed E-state index contributed by atoms with van der Waals surface area (Å²) >= 11 is 0. The number of aromatic nitrogens is 2. The maximum atomic E-state index is 5.57. The molecule has 0 aliphatic heterocycles. The van der Waals surface area contributed by atoms with Crippen LogP contribution < -0.4 is 11.1 Å². The van der Waals surface area contributed by atoms with Gasteiger partial charge in [0.25, 0.3) is 0 Å². The Balaban J connectivity index is 2.47. The molecule has 2 atom stereocenters. The fraction of sp³-hybridized carbons (Fsp3) is 0.636. The first-order valence-corrected chi connectivity index (χ1v) is 5.46. The Hall–Kier alpha value is -1.32. The van der Waals surface area contributed by atoms with E-state index < -0.39 is 0 Å². The Labute approximate surface area is 91.3 Å². The number of rotatable bonds is 5. The molecule has 1 rings (SSSR count). The molecular formula is C11H20N4. The summed E-state index contributed by atoms with van der Waals surface area (Å²) in [6.45, 7) is 6.59. The van der Waals surface area contributed by atoms with Gasteiger partial charge in [-0.2, -0.15) is 4.98 Å². The molecule has 0 saturated heterocycles. The monoisotopic (exact) mass is 208 g/mol. The first-order valence-electron chi connectivity index (χ1n) is 5.46. The highest BCUT2D eigenvalue weighted by atomic mass is 15.1. The van der Waals surface area contributed by atoms with Crippen molar-refractivity contribution in [1.82, 2.24) is 9.97 Å². The average molecular weight is 208 g/mol. The third-order valence-corrected chi connectivity index (χ3v) is 2.51. The number of nitrogens with one attached hydrogen (secondary N) is 1. The van der Waals surface area contributed by atoms with Crippen LogP contribution in [0.1, 0.15) is 33.6 Å². The van der Waals surface area contributed by atoms with Crippen molar-refractivity contribution in [3.05, 3.63) is 12.3 Å². The van der Waals surface area contributed by atoms with Gasteiger partial charge >= 0.3 is 0 Å². The van der Waals surface area contributed by atoms with E-state index in [0.29, 0.717) is 23.7 Å². The quantitative estimate of drug-likeness (QED) is 0.779. The summed E-state index contributed by atoms with van der Waals surface area (Å²) in [7, 11) is 0. The van der Waals surface area contributed by atoms with Crippen molar-refractivity contribution in [2.75, 3.05) is 11.1 Å². The predicted molar refractivity (Wildman–Crippen MR) is 63.6 cm³/mol. The van der Waals surface area contributed by atoms with Gasteiger partial charge in [0.1, 0.15) is 5.82 Å². The van der Waals surface area contributed by atoms with Crippen LogP contribution in [0.15, 0.2) is 12.3 Å². The minimum absolute atomic E-state index is 0.377. The SMILES string of the molecule is CCC(C)CC(C)Nc1nccc(N)n1. The Bertz CT molecular complexity index is 300. The van der Waals surface area contributed by atoms with E-state index in [1.807, 2.05) is 0 Å². The zero-order chi connectivity index (χ0) is 11.3. The third-order valence-electron chi connectivity index (χ3n) is 2.51. The van der Waals surface area contributed by atoms with Gasteiger partial charge in [-0.3, -0.25) is 0 Å². The molecule has 0 amide bonds. The number of hydrogen-bond donors (Lipinski definition) is 2. The summed E-state index contributed by atoms with van der Waals surface area (Å²) in [5.74, 6) is 1.84. The second-order valence-electron chi connectivity index (χ2n) is 4.10. The molecule has 4 heteroatoms. The van der Waals surface area contributed by atoms with Crippen molar-refractivity contribution >= 4 is 11.8 Å².